The number of hydrogen-bond donors (Lipinski definition) is 1. The van der Waals surface area contributed by atoms with Crippen LogP contribution in [0.25, 0.3) is 0 Å². The van der Waals surface area contributed by atoms with E-state index in [4.69, 9.17) is 10.5 Å². The van der Waals surface area contributed by atoms with Gasteiger partial charge < -0.3 is 10.5 Å². The Labute approximate surface area is 111 Å². The first-order valence-electron chi connectivity index (χ1n) is 6.00. The number of anilines is 1. The van der Waals surface area contributed by atoms with E-state index in [9.17, 15) is 4.79 Å². The number of hydrogen-bond acceptors (Lipinski definition) is 5. The Balaban J connectivity index is 2.10. The molecule has 0 aliphatic heterocycles. The van der Waals surface area contributed by atoms with E-state index in [0.29, 0.717) is 23.5 Å². The SMILES string of the molecule is CCc1nn(C)c(C(=O)OCc2cccnc2)c1N. The first-order valence-corrected chi connectivity index (χ1v) is 6.00. The van der Waals surface area contributed by atoms with E-state index in [0.717, 1.165) is 5.56 Å². The number of carbonyl (C=O) groups excluding carboxylic acids is 1. The molecule has 0 fully saturated rings. The zero-order valence-electron chi connectivity index (χ0n) is 11.0. The largest absolute Gasteiger partial charge is 0.456 e. The molecule has 2 heterocycles. The summed E-state index contributed by atoms with van der Waals surface area (Å²) in [5.74, 6) is -0.476. The van der Waals surface area contributed by atoms with Crippen molar-refractivity contribution in [1.29, 1.82) is 0 Å². The number of rotatable bonds is 4. The second kappa shape index (κ2) is 5.51. The van der Waals surface area contributed by atoms with Gasteiger partial charge >= 0.3 is 5.97 Å². The lowest BCUT2D eigenvalue weighted by molar-refractivity contribution is 0.0461. The molecule has 0 spiro atoms. The second-order valence-electron chi connectivity index (χ2n) is 4.12. The van der Waals surface area contributed by atoms with Gasteiger partial charge in [-0.1, -0.05) is 13.0 Å². The lowest BCUT2D eigenvalue weighted by Gasteiger charge is -2.05. The van der Waals surface area contributed by atoms with E-state index in [2.05, 4.69) is 10.1 Å². The van der Waals surface area contributed by atoms with Crippen LogP contribution in [0.3, 0.4) is 0 Å². The van der Waals surface area contributed by atoms with E-state index in [1.54, 1.807) is 25.5 Å². The molecule has 0 amide bonds. The molecule has 2 N–H and O–H groups in total. The fourth-order valence-corrected chi connectivity index (χ4v) is 1.80. The smallest absolute Gasteiger partial charge is 0.359 e. The average molecular weight is 260 g/mol. The third-order valence-electron chi connectivity index (χ3n) is 2.78. The number of carbonyl (C=O) groups is 1. The number of nitrogen functional groups attached to an aromatic ring is 1. The number of esters is 1. The summed E-state index contributed by atoms with van der Waals surface area (Å²) < 4.78 is 6.67. The average Bonchev–Trinajstić information content (AvgIpc) is 2.72. The monoisotopic (exact) mass is 260 g/mol. The molecule has 0 aliphatic carbocycles. The predicted octanol–water partition coefficient (Wildman–Crippen LogP) is 1.32. The zero-order chi connectivity index (χ0) is 13.8. The Hall–Kier alpha value is -2.37. The van der Waals surface area contributed by atoms with Gasteiger partial charge in [0.2, 0.25) is 0 Å². The molecule has 100 valence electrons. The van der Waals surface area contributed by atoms with Crippen molar-refractivity contribution in [3.63, 3.8) is 0 Å². The summed E-state index contributed by atoms with van der Waals surface area (Å²) in [6.45, 7) is 2.10. The second-order valence-corrected chi connectivity index (χ2v) is 4.12. The van der Waals surface area contributed by atoms with Gasteiger partial charge in [-0.25, -0.2) is 4.79 Å². The van der Waals surface area contributed by atoms with Crippen molar-refractivity contribution in [3.8, 4) is 0 Å². The van der Waals surface area contributed by atoms with Gasteiger partial charge in [-0.15, -0.1) is 0 Å². The van der Waals surface area contributed by atoms with Crippen LogP contribution in [-0.2, 0) is 24.8 Å². The Morgan fingerprint density at radius 2 is 2.32 bits per heavy atom. The molecule has 2 rings (SSSR count). The van der Waals surface area contributed by atoms with E-state index in [1.165, 1.54) is 4.68 Å². The minimum absolute atomic E-state index is 0.165. The maximum Gasteiger partial charge on any atom is 0.359 e. The van der Waals surface area contributed by atoms with Crippen molar-refractivity contribution >= 4 is 11.7 Å². The molecular weight excluding hydrogens is 244 g/mol. The molecule has 0 saturated carbocycles. The first kappa shape index (κ1) is 13.1. The quantitative estimate of drug-likeness (QED) is 0.838. The molecule has 0 radical (unpaired) electrons. The molecule has 0 saturated heterocycles. The molecule has 0 aromatic carbocycles. The van der Waals surface area contributed by atoms with Gasteiger partial charge in [0.15, 0.2) is 5.69 Å². The summed E-state index contributed by atoms with van der Waals surface area (Å²) in [6.07, 6.45) is 3.99. The molecule has 0 unspecified atom stereocenters. The van der Waals surface area contributed by atoms with Crippen LogP contribution >= 0.6 is 0 Å². The van der Waals surface area contributed by atoms with Crippen LogP contribution in [0.4, 0.5) is 5.69 Å². The fourth-order valence-electron chi connectivity index (χ4n) is 1.80. The van der Waals surface area contributed by atoms with E-state index >= 15 is 0 Å². The van der Waals surface area contributed by atoms with Gasteiger partial charge in [0.1, 0.15) is 6.61 Å². The predicted molar refractivity (Wildman–Crippen MR) is 70.4 cm³/mol. The highest BCUT2D eigenvalue weighted by molar-refractivity contribution is 5.93. The minimum Gasteiger partial charge on any atom is -0.456 e. The lowest BCUT2D eigenvalue weighted by Crippen LogP contribution is -2.12. The molecular formula is C13H16N4O2. The number of aryl methyl sites for hydroxylation is 2. The number of pyridine rings is 1. The highest BCUT2D eigenvalue weighted by Crippen LogP contribution is 2.18. The van der Waals surface area contributed by atoms with Crippen molar-refractivity contribution in [2.24, 2.45) is 7.05 Å². The molecule has 6 nitrogen and oxygen atoms in total. The molecule has 0 bridgehead atoms. The fraction of sp³-hybridized carbons (Fsp3) is 0.308. The summed E-state index contributed by atoms with van der Waals surface area (Å²) in [7, 11) is 1.68. The van der Waals surface area contributed by atoms with Crippen LogP contribution in [0, 0.1) is 0 Å². The molecule has 0 aliphatic rings. The Kier molecular flexibility index (Phi) is 3.79. The molecule has 0 atom stereocenters. The van der Waals surface area contributed by atoms with Crippen LogP contribution in [0.15, 0.2) is 24.5 Å². The molecule has 2 aromatic rings. The summed E-state index contributed by atoms with van der Waals surface area (Å²) in [5, 5.41) is 4.18. The maximum absolute atomic E-state index is 12.0. The number of ether oxygens (including phenoxy) is 1. The number of aromatic nitrogens is 3. The van der Waals surface area contributed by atoms with Gasteiger partial charge in [0.25, 0.3) is 0 Å². The minimum atomic E-state index is -0.476. The third-order valence-corrected chi connectivity index (χ3v) is 2.78. The van der Waals surface area contributed by atoms with Crippen LogP contribution in [-0.4, -0.2) is 20.7 Å². The first-order chi connectivity index (χ1) is 9.13. The molecule has 2 aromatic heterocycles. The maximum atomic E-state index is 12.0. The van der Waals surface area contributed by atoms with Gasteiger partial charge in [-0.05, 0) is 12.5 Å². The van der Waals surface area contributed by atoms with Crippen LogP contribution in [0.2, 0.25) is 0 Å². The summed E-state index contributed by atoms with van der Waals surface area (Å²) in [6, 6.07) is 3.63. The Morgan fingerprint density at radius 3 is 2.89 bits per heavy atom. The highest BCUT2D eigenvalue weighted by Gasteiger charge is 2.20. The standard InChI is InChI=1S/C13H16N4O2/c1-3-10-11(14)12(17(2)16-10)13(18)19-8-9-5-4-6-15-7-9/h4-7H,3,8,14H2,1-2H3. The van der Waals surface area contributed by atoms with Gasteiger partial charge in [0.05, 0.1) is 11.4 Å². The summed E-state index contributed by atoms with van der Waals surface area (Å²) in [5.41, 5.74) is 8.10. The van der Waals surface area contributed by atoms with Gasteiger partial charge in [-0.2, -0.15) is 5.10 Å². The van der Waals surface area contributed by atoms with Crippen molar-refractivity contribution in [1.82, 2.24) is 14.8 Å². The Morgan fingerprint density at radius 1 is 1.53 bits per heavy atom. The van der Waals surface area contributed by atoms with Crippen LogP contribution < -0.4 is 5.73 Å². The topological polar surface area (TPSA) is 83.0 Å². The van der Waals surface area contributed by atoms with Crippen LogP contribution in [0.5, 0.6) is 0 Å². The highest BCUT2D eigenvalue weighted by atomic mass is 16.5. The van der Waals surface area contributed by atoms with Crippen molar-refractivity contribution in [2.45, 2.75) is 20.0 Å². The third kappa shape index (κ3) is 2.73. The molecule has 19 heavy (non-hydrogen) atoms. The van der Waals surface area contributed by atoms with E-state index < -0.39 is 5.97 Å². The van der Waals surface area contributed by atoms with Crippen molar-refractivity contribution in [3.05, 3.63) is 41.5 Å². The number of nitrogens with two attached hydrogens (primary N) is 1. The summed E-state index contributed by atoms with van der Waals surface area (Å²) >= 11 is 0. The van der Waals surface area contributed by atoms with Crippen molar-refractivity contribution < 1.29 is 9.53 Å². The number of nitrogens with zero attached hydrogens (tertiary/aromatic N) is 3. The molecule has 6 heteroatoms. The van der Waals surface area contributed by atoms with Crippen molar-refractivity contribution in [2.75, 3.05) is 5.73 Å². The van der Waals surface area contributed by atoms with Gasteiger partial charge in [-0.3, -0.25) is 9.67 Å². The Bertz CT molecular complexity index is 578. The normalized spacial score (nSPS) is 10.4. The lowest BCUT2D eigenvalue weighted by atomic mass is 10.2. The zero-order valence-corrected chi connectivity index (χ0v) is 11.0. The van der Waals surface area contributed by atoms with Crippen LogP contribution in [0.1, 0.15) is 28.7 Å². The van der Waals surface area contributed by atoms with E-state index in [1.807, 2.05) is 13.0 Å². The van der Waals surface area contributed by atoms with E-state index in [-0.39, 0.29) is 6.61 Å². The van der Waals surface area contributed by atoms with Gasteiger partial charge in [0, 0.05) is 25.0 Å². The summed E-state index contributed by atoms with van der Waals surface area (Å²) in [4.78, 5) is 16.0.